The molecule has 0 aromatic heterocycles. The highest BCUT2D eigenvalue weighted by Crippen LogP contribution is 2.51. The van der Waals surface area contributed by atoms with Crippen LogP contribution in [0.2, 0.25) is 0 Å². The van der Waals surface area contributed by atoms with Crippen molar-refractivity contribution >= 4 is 11.6 Å². The number of carbonyl (C=O) groups excluding carboxylic acids is 2. The molecule has 3 aliphatic rings. The number of ketones is 2. The topological polar surface area (TPSA) is 83.1 Å². The van der Waals surface area contributed by atoms with Crippen LogP contribution in [0, 0.1) is 10.8 Å². The third-order valence-corrected chi connectivity index (χ3v) is 9.18. The van der Waals surface area contributed by atoms with Crippen LogP contribution in [0.15, 0.2) is 89.3 Å². The van der Waals surface area contributed by atoms with E-state index < -0.39 is 5.92 Å². The zero-order valence-electron chi connectivity index (χ0n) is 28.3. The molecule has 0 unspecified atom stereocenters. The van der Waals surface area contributed by atoms with E-state index >= 15 is 0 Å². The number of hydrogen-bond acceptors (Lipinski definition) is 7. The summed E-state index contributed by atoms with van der Waals surface area (Å²) in [5, 5.41) is 3.59. The van der Waals surface area contributed by atoms with Gasteiger partial charge in [-0.2, -0.15) is 0 Å². The second-order valence-electron chi connectivity index (χ2n) is 14.4. The minimum absolute atomic E-state index is 0.0985. The van der Waals surface area contributed by atoms with Crippen LogP contribution >= 0.6 is 0 Å². The smallest absolute Gasteiger partial charge is 0.162 e. The maximum Gasteiger partial charge on any atom is 0.162 e. The van der Waals surface area contributed by atoms with Crippen molar-refractivity contribution in [3.8, 4) is 23.0 Å². The number of nitrogens with one attached hydrogen (secondary N) is 1. The van der Waals surface area contributed by atoms with Crippen molar-refractivity contribution in [2.24, 2.45) is 10.8 Å². The fourth-order valence-corrected chi connectivity index (χ4v) is 7.13. The lowest BCUT2D eigenvalue weighted by molar-refractivity contribution is -0.119. The second kappa shape index (κ2) is 12.9. The molecule has 47 heavy (non-hydrogen) atoms. The van der Waals surface area contributed by atoms with E-state index in [1.54, 1.807) is 7.11 Å². The molecular formula is C40H45NO6. The van der Waals surface area contributed by atoms with E-state index in [-0.39, 0.29) is 29.0 Å². The summed E-state index contributed by atoms with van der Waals surface area (Å²) in [6, 6.07) is 21.6. The van der Waals surface area contributed by atoms with E-state index in [0.717, 1.165) is 40.9 Å². The number of dihydropyridines is 1. The van der Waals surface area contributed by atoms with Gasteiger partial charge in [-0.25, -0.2) is 0 Å². The van der Waals surface area contributed by atoms with Gasteiger partial charge >= 0.3 is 0 Å². The highest BCUT2D eigenvalue weighted by Gasteiger charge is 2.46. The van der Waals surface area contributed by atoms with E-state index in [1.165, 1.54) is 0 Å². The average Bonchev–Trinajstić information content (AvgIpc) is 3.01. The van der Waals surface area contributed by atoms with Crippen molar-refractivity contribution < 1.29 is 28.5 Å². The van der Waals surface area contributed by atoms with Crippen LogP contribution < -0.4 is 24.3 Å². The largest absolute Gasteiger partial charge is 0.493 e. The summed E-state index contributed by atoms with van der Waals surface area (Å²) in [4.78, 5) is 27.5. The van der Waals surface area contributed by atoms with E-state index in [1.807, 2.05) is 73.7 Å². The van der Waals surface area contributed by atoms with Crippen molar-refractivity contribution in [2.75, 3.05) is 13.7 Å². The van der Waals surface area contributed by atoms with Crippen LogP contribution in [0.1, 0.15) is 82.9 Å². The van der Waals surface area contributed by atoms with E-state index in [0.29, 0.717) is 60.2 Å². The van der Waals surface area contributed by atoms with E-state index in [4.69, 9.17) is 18.9 Å². The molecular weight excluding hydrogens is 590 g/mol. The highest BCUT2D eigenvalue weighted by molar-refractivity contribution is 6.06. The fourth-order valence-electron chi connectivity index (χ4n) is 7.13. The molecule has 7 heteroatoms. The molecule has 246 valence electrons. The summed E-state index contributed by atoms with van der Waals surface area (Å²) >= 11 is 0. The number of Topliss-reactive ketones (excluding diaryl/α,β-unsaturated/α-hetero) is 2. The maximum atomic E-state index is 13.8. The van der Waals surface area contributed by atoms with Crippen molar-refractivity contribution in [2.45, 2.75) is 79.4 Å². The minimum atomic E-state index is -0.436. The first kappa shape index (κ1) is 32.4. The number of rotatable bonds is 10. The SMILES string of the molecule is CCOc1cc(C2C3=C(CC(C)(C)CC3=O)NC3=C2C(=O)CC(C)(C)C3)ccc1OCc1ccc(OCc2ccccc2)c(OC)c1. The van der Waals surface area contributed by atoms with Crippen LogP contribution in [0.5, 0.6) is 23.0 Å². The van der Waals surface area contributed by atoms with Gasteiger partial charge in [-0.3, -0.25) is 9.59 Å². The molecule has 0 saturated heterocycles. The molecule has 3 aromatic carbocycles. The van der Waals surface area contributed by atoms with Gasteiger partial charge in [0.05, 0.1) is 13.7 Å². The fraction of sp³-hybridized carbons (Fsp3) is 0.400. The Bertz CT molecular complexity index is 1700. The molecule has 7 nitrogen and oxygen atoms in total. The zero-order valence-corrected chi connectivity index (χ0v) is 28.3. The van der Waals surface area contributed by atoms with Crippen molar-refractivity contribution in [3.05, 3.63) is 106 Å². The van der Waals surface area contributed by atoms with Crippen LogP contribution in [0.3, 0.4) is 0 Å². The summed E-state index contributed by atoms with van der Waals surface area (Å²) in [6.07, 6.45) is 2.42. The van der Waals surface area contributed by atoms with Crippen molar-refractivity contribution in [3.63, 3.8) is 0 Å². The maximum absolute atomic E-state index is 13.8. The predicted molar refractivity (Wildman–Crippen MR) is 182 cm³/mol. The average molecular weight is 636 g/mol. The lowest BCUT2D eigenvalue weighted by Gasteiger charge is -2.44. The van der Waals surface area contributed by atoms with E-state index in [2.05, 4.69) is 33.0 Å². The molecule has 0 fully saturated rings. The molecule has 6 rings (SSSR count). The number of ether oxygens (including phenoxy) is 4. The first-order valence-corrected chi connectivity index (χ1v) is 16.5. The number of hydrogen-bond donors (Lipinski definition) is 1. The Kier molecular flexibility index (Phi) is 8.93. The van der Waals surface area contributed by atoms with Crippen molar-refractivity contribution in [1.29, 1.82) is 0 Å². The molecule has 1 aliphatic heterocycles. The molecule has 3 aromatic rings. The van der Waals surface area contributed by atoms with Crippen molar-refractivity contribution in [1.82, 2.24) is 5.32 Å². The van der Waals surface area contributed by atoms with Crippen LogP contribution in [0.25, 0.3) is 0 Å². The normalized spacial score (nSPS) is 18.7. The highest BCUT2D eigenvalue weighted by atomic mass is 16.5. The number of carbonyl (C=O) groups is 2. The molecule has 0 amide bonds. The number of benzene rings is 3. The lowest BCUT2D eigenvalue weighted by atomic mass is 9.64. The summed E-state index contributed by atoms with van der Waals surface area (Å²) in [7, 11) is 1.62. The first-order valence-electron chi connectivity index (χ1n) is 16.5. The lowest BCUT2D eigenvalue weighted by Crippen LogP contribution is -2.42. The van der Waals surface area contributed by atoms with Crippen LogP contribution in [-0.2, 0) is 22.8 Å². The van der Waals surface area contributed by atoms with Gasteiger partial charge in [0.1, 0.15) is 13.2 Å². The molecule has 2 aliphatic carbocycles. The molecule has 0 radical (unpaired) electrons. The van der Waals surface area contributed by atoms with Gasteiger partial charge in [0.15, 0.2) is 34.6 Å². The summed E-state index contributed by atoms with van der Waals surface area (Å²) < 4.78 is 24.1. The quantitative estimate of drug-likeness (QED) is 0.240. The Hall–Kier alpha value is -4.52. The zero-order chi connectivity index (χ0) is 33.3. The Morgan fingerprint density at radius 2 is 1.23 bits per heavy atom. The Balaban J connectivity index is 1.28. The monoisotopic (exact) mass is 635 g/mol. The Labute approximate surface area is 278 Å². The third kappa shape index (κ3) is 6.95. The molecule has 0 spiro atoms. The standard InChI is InChI=1S/C40H45NO6/c1-7-45-35-18-27(36-37-28(19-39(2,3)21-30(37)42)41-29-20-40(4,5)22-31(43)38(29)36)14-16-33(35)47-24-26-13-15-32(34(17-26)44-6)46-23-25-11-9-8-10-12-25/h8-18,36,41H,7,19-24H2,1-6H3. The number of methoxy groups -OCH3 is 1. The third-order valence-electron chi connectivity index (χ3n) is 9.18. The van der Waals surface area contributed by atoms with Gasteiger partial charge in [-0.05, 0) is 71.6 Å². The predicted octanol–water partition coefficient (Wildman–Crippen LogP) is 8.23. The van der Waals surface area contributed by atoms with Gasteiger partial charge in [-0.1, -0.05) is 70.2 Å². The van der Waals surface area contributed by atoms with Gasteiger partial charge in [0, 0.05) is 41.3 Å². The summed E-state index contributed by atoms with van der Waals surface area (Å²) in [5.74, 6) is 2.21. The number of allylic oxidation sites excluding steroid dienone is 4. The molecule has 1 N–H and O–H groups in total. The van der Waals surface area contributed by atoms with Crippen LogP contribution in [-0.4, -0.2) is 25.3 Å². The van der Waals surface area contributed by atoms with Gasteiger partial charge < -0.3 is 24.3 Å². The first-order chi connectivity index (χ1) is 22.5. The minimum Gasteiger partial charge on any atom is -0.493 e. The van der Waals surface area contributed by atoms with E-state index in [9.17, 15) is 9.59 Å². The Morgan fingerprint density at radius 1 is 0.660 bits per heavy atom. The van der Waals surface area contributed by atoms with Gasteiger partial charge in [0.2, 0.25) is 0 Å². The molecule has 0 saturated carbocycles. The summed E-state index contributed by atoms with van der Waals surface area (Å²) in [6.45, 7) is 11.6. The molecule has 0 atom stereocenters. The van der Waals surface area contributed by atoms with Gasteiger partial charge in [0.25, 0.3) is 0 Å². The molecule has 1 heterocycles. The van der Waals surface area contributed by atoms with Gasteiger partial charge in [-0.15, -0.1) is 0 Å². The second-order valence-corrected chi connectivity index (χ2v) is 14.4. The summed E-state index contributed by atoms with van der Waals surface area (Å²) in [5.41, 5.74) is 5.88. The van der Waals surface area contributed by atoms with Crippen LogP contribution in [0.4, 0.5) is 0 Å². The Morgan fingerprint density at radius 3 is 1.83 bits per heavy atom. The molecule has 0 bridgehead atoms.